The van der Waals surface area contributed by atoms with E-state index in [4.69, 9.17) is 4.74 Å². The van der Waals surface area contributed by atoms with Crippen molar-refractivity contribution in [3.8, 4) is 5.75 Å². The Morgan fingerprint density at radius 3 is 2.78 bits per heavy atom. The summed E-state index contributed by atoms with van der Waals surface area (Å²) < 4.78 is 5.83. The van der Waals surface area contributed by atoms with Gasteiger partial charge in [0.25, 0.3) is 0 Å². The van der Waals surface area contributed by atoms with E-state index in [2.05, 4.69) is 37.0 Å². The molecule has 0 radical (unpaired) electrons. The third-order valence-electron chi connectivity index (χ3n) is 3.36. The van der Waals surface area contributed by atoms with E-state index in [-0.39, 0.29) is 0 Å². The minimum absolute atomic E-state index is 0.672. The van der Waals surface area contributed by atoms with E-state index in [1.165, 1.54) is 12.0 Å². The molecular weight excluding hydrogens is 222 g/mol. The van der Waals surface area contributed by atoms with E-state index >= 15 is 0 Å². The number of nitrogens with zero attached hydrogens (tertiary/aromatic N) is 1. The number of rotatable bonds is 5. The highest BCUT2D eigenvalue weighted by molar-refractivity contribution is 5.85. The van der Waals surface area contributed by atoms with Gasteiger partial charge < -0.3 is 4.74 Å². The minimum atomic E-state index is 0.672. The Balaban J connectivity index is 2.48. The van der Waals surface area contributed by atoms with Crippen LogP contribution in [0.25, 0.3) is 10.9 Å². The molecule has 0 bridgehead atoms. The fraction of sp³-hybridized carbons (Fsp3) is 0.438. The van der Waals surface area contributed by atoms with Crippen LogP contribution in [0.15, 0.2) is 30.5 Å². The molecule has 1 atom stereocenters. The molecule has 0 saturated heterocycles. The lowest BCUT2D eigenvalue weighted by Crippen LogP contribution is -2.03. The van der Waals surface area contributed by atoms with Crippen LogP contribution in [0.1, 0.15) is 32.8 Å². The average molecular weight is 243 g/mol. The number of hydrogen-bond donors (Lipinski definition) is 0. The predicted octanol–water partition coefficient (Wildman–Crippen LogP) is 4.22. The highest BCUT2D eigenvalue weighted by atomic mass is 16.5. The summed E-state index contributed by atoms with van der Waals surface area (Å²) in [5, 5.41) is 1.15. The van der Waals surface area contributed by atoms with Crippen LogP contribution >= 0.6 is 0 Å². The summed E-state index contributed by atoms with van der Waals surface area (Å²) >= 11 is 0. The molecule has 2 rings (SSSR count). The Hall–Kier alpha value is -1.57. The first kappa shape index (κ1) is 12.9. The summed E-state index contributed by atoms with van der Waals surface area (Å²) in [5.41, 5.74) is 2.26. The zero-order valence-electron chi connectivity index (χ0n) is 11.4. The number of pyridine rings is 1. The van der Waals surface area contributed by atoms with Crippen LogP contribution in [0.4, 0.5) is 0 Å². The summed E-state index contributed by atoms with van der Waals surface area (Å²) in [6.07, 6.45) is 4.07. The standard InChI is InChI=1S/C16H21NO/c1-4-12(3)11-14-9-8-13-7-6-10-17-15(13)16(14)18-5-2/h6-10,12H,4-5,11H2,1-3H3/t12-/m1/s1. The van der Waals surface area contributed by atoms with Crippen LogP contribution < -0.4 is 4.74 Å². The first-order valence-electron chi connectivity index (χ1n) is 6.75. The number of fused-ring (bicyclic) bond motifs is 1. The van der Waals surface area contributed by atoms with Gasteiger partial charge >= 0.3 is 0 Å². The first-order chi connectivity index (χ1) is 8.76. The Kier molecular flexibility index (Phi) is 4.19. The molecule has 1 heterocycles. The van der Waals surface area contributed by atoms with Gasteiger partial charge in [-0.25, -0.2) is 0 Å². The fourth-order valence-electron chi connectivity index (χ4n) is 2.15. The monoisotopic (exact) mass is 243 g/mol. The number of aromatic nitrogens is 1. The maximum Gasteiger partial charge on any atom is 0.148 e. The quantitative estimate of drug-likeness (QED) is 0.784. The Bertz CT molecular complexity index is 521. The SMILES string of the molecule is CCOc1c(C[C@H](C)CC)ccc2cccnc12. The van der Waals surface area contributed by atoms with Crippen LogP contribution in [0.2, 0.25) is 0 Å². The summed E-state index contributed by atoms with van der Waals surface area (Å²) in [5.74, 6) is 1.64. The molecule has 0 aliphatic carbocycles. The topological polar surface area (TPSA) is 22.1 Å². The predicted molar refractivity (Wildman–Crippen MR) is 76.1 cm³/mol. The molecule has 2 heteroatoms. The van der Waals surface area contributed by atoms with Crippen molar-refractivity contribution in [2.24, 2.45) is 5.92 Å². The van der Waals surface area contributed by atoms with Crippen LogP contribution in [-0.4, -0.2) is 11.6 Å². The second kappa shape index (κ2) is 5.85. The molecule has 96 valence electrons. The van der Waals surface area contributed by atoms with E-state index in [0.29, 0.717) is 12.5 Å². The minimum Gasteiger partial charge on any atom is -0.491 e. The zero-order valence-corrected chi connectivity index (χ0v) is 11.4. The van der Waals surface area contributed by atoms with E-state index in [1.807, 2.05) is 19.2 Å². The average Bonchev–Trinajstić information content (AvgIpc) is 2.41. The molecule has 0 aliphatic rings. The van der Waals surface area contributed by atoms with Crippen molar-refractivity contribution in [3.05, 3.63) is 36.0 Å². The van der Waals surface area contributed by atoms with E-state index < -0.39 is 0 Å². The van der Waals surface area contributed by atoms with Gasteiger partial charge in [0.2, 0.25) is 0 Å². The molecule has 1 aromatic heterocycles. The molecule has 0 fully saturated rings. The highest BCUT2D eigenvalue weighted by Gasteiger charge is 2.11. The third kappa shape index (κ3) is 2.63. The van der Waals surface area contributed by atoms with Gasteiger partial charge in [-0.05, 0) is 30.9 Å². The van der Waals surface area contributed by atoms with Crippen molar-refractivity contribution >= 4 is 10.9 Å². The second-order valence-corrected chi connectivity index (χ2v) is 4.78. The van der Waals surface area contributed by atoms with Gasteiger partial charge in [0.05, 0.1) is 6.61 Å². The van der Waals surface area contributed by atoms with Crippen molar-refractivity contribution in [3.63, 3.8) is 0 Å². The maximum atomic E-state index is 5.83. The van der Waals surface area contributed by atoms with Gasteiger partial charge in [0.15, 0.2) is 0 Å². The lowest BCUT2D eigenvalue weighted by atomic mass is 9.97. The summed E-state index contributed by atoms with van der Waals surface area (Å²) in [6, 6.07) is 8.37. The molecular formula is C16H21NO. The summed E-state index contributed by atoms with van der Waals surface area (Å²) in [6.45, 7) is 7.21. The van der Waals surface area contributed by atoms with Crippen molar-refractivity contribution in [2.75, 3.05) is 6.61 Å². The molecule has 0 unspecified atom stereocenters. The fourth-order valence-corrected chi connectivity index (χ4v) is 2.15. The molecule has 0 amide bonds. The Morgan fingerprint density at radius 1 is 1.22 bits per heavy atom. The van der Waals surface area contributed by atoms with Gasteiger partial charge in [-0.2, -0.15) is 0 Å². The molecule has 0 aliphatic heterocycles. The van der Waals surface area contributed by atoms with Crippen LogP contribution in [0.3, 0.4) is 0 Å². The second-order valence-electron chi connectivity index (χ2n) is 4.78. The normalized spacial score (nSPS) is 12.6. The lowest BCUT2D eigenvalue weighted by molar-refractivity contribution is 0.338. The largest absolute Gasteiger partial charge is 0.491 e. The van der Waals surface area contributed by atoms with Crippen LogP contribution in [0, 0.1) is 5.92 Å². The van der Waals surface area contributed by atoms with Crippen molar-refractivity contribution < 1.29 is 4.74 Å². The first-order valence-corrected chi connectivity index (χ1v) is 6.75. The van der Waals surface area contributed by atoms with Gasteiger partial charge in [-0.15, -0.1) is 0 Å². The summed E-state index contributed by atoms with van der Waals surface area (Å²) in [4.78, 5) is 4.47. The van der Waals surface area contributed by atoms with E-state index in [9.17, 15) is 0 Å². The summed E-state index contributed by atoms with van der Waals surface area (Å²) in [7, 11) is 0. The highest BCUT2D eigenvalue weighted by Crippen LogP contribution is 2.30. The lowest BCUT2D eigenvalue weighted by Gasteiger charge is -2.15. The van der Waals surface area contributed by atoms with Crippen molar-refractivity contribution in [2.45, 2.75) is 33.6 Å². The molecule has 2 nitrogen and oxygen atoms in total. The Morgan fingerprint density at radius 2 is 2.06 bits per heavy atom. The Labute approximate surface area is 109 Å². The van der Waals surface area contributed by atoms with E-state index in [1.54, 1.807) is 0 Å². The molecule has 18 heavy (non-hydrogen) atoms. The van der Waals surface area contributed by atoms with Gasteiger partial charge in [-0.3, -0.25) is 4.98 Å². The molecule has 2 aromatic rings. The maximum absolute atomic E-state index is 5.83. The zero-order chi connectivity index (χ0) is 13.0. The van der Waals surface area contributed by atoms with Gasteiger partial charge in [-0.1, -0.05) is 38.5 Å². The molecule has 0 N–H and O–H groups in total. The van der Waals surface area contributed by atoms with Crippen LogP contribution in [0.5, 0.6) is 5.75 Å². The number of ether oxygens (including phenoxy) is 1. The smallest absolute Gasteiger partial charge is 0.148 e. The van der Waals surface area contributed by atoms with Crippen molar-refractivity contribution in [1.82, 2.24) is 4.98 Å². The van der Waals surface area contributed by atoms with E-state index in [0.717, 1.165) is 23.1 Å². The van der Waals surface area contributed by atoms with Gasteiger partial charge in [0.1, 0.15) is 11.3 Å². The third-order valence-corrected chi connectivity index (χ3v) is 3.36. The number of benzene rings is 1. The molecule has 0 saturated carbocycles. The van der Waals surface area contributed by atoms with Crippen LogP contribution in [-0.2, 0) is 6.42 Å². The van der Waals surface area contributed by atoms with Gasteiger partial charge in [0, 0.05) is 11.6 Å². The molecule has 0 spiro atoms. The number of hydrogen-bond acceptors (Lipinski definition) is 2. The molecule has 1 aromatic carbocycles. The van der Waals surface area contributed by atoms with Crippen molar-refractivity contribution in [1.29, 1.82) is 0 Å².